The number of benzene rings is 12. The van der Waals surface area contributed by atoms with Crippen molar-refractivity contribution in [3.63, 3.8) is 0 Å². The van der Waals surface area contributed by atoms with Gasteiger partial charge in [0.05, 0.1) is 59.7 Å². The quantitative estimate of drug-likeness (QED) is 0.122. The van der Waals surface area contributed by atoms with Crippen molar-refractivity contribution in [1.29, 1.82) is 0 Å². The Hall–Kier alpha value is -11.4. The number of ether oxygens (including phenoxy) is 2. The van der Waals surface area contributed by atoms with Crippen molar-refractivity contribution >= 4 is 66.4 Å². The normalized spacial score (nSPS) is 14.9. The van der Waals surface area contributed by atoms with E-state index < -0.39 is 84.0 Å². The van der Waals surface area contributed by atoms with Gasteiger partial charge in [-0.25, -0.2) is 4.98 Å². The van der Waals surface area contributed by atoms with Gasteiger partial charge in [-0.1, -0.05) is 244 Å². The van der Waals surface area contributed by atoms with Crippen LogP contribution in [0.15, 0.2) is 291 Å². The van der Waals surface area contributed by atoms with E-state index in [2.05, 4.69) is 150 Å². The van der Waals surface area contributed by atoms with Crippen molar-refractivity contribution in [2.75, 3.05) is 16.5 Å². The summed E-state index contributed by atoms with van der Waals surface area (Å²) in [7, 11) is 0. The standard InChI is InChI=1S/C90H77N5O2/c1-88(2,3)63-49-62(50-64(51-63)89(4,5)6)77-53-65(90(7,8)9)52-76(61-31-17-12-18-32-61)87(77)97-70-47-48-91-85(57-70)95-81-46-43-67(94-79-39-21-19-35-73(79)74-36-20-22-40-80(74)94)55-78(81)75-45-44-69(56-84(75)95)96-68-34-25-33-66(54-68)92-58-93(83-42-24-23-41-82(83)92)86-71(59-27-13-10-14-28-59)37-26-38-72(86)60-29-15-11-16-30-60/h10-57H,58H2,1-9H3/i10D,11D,12D,13D,14D,15D,16D,17D,18D,27D,28D,29D,30D,31D,32D. The van der Waals surface area contributed by atoms with Gasteiger partial charge >= 0.3 is 0 Å². The van der Waals surface area contributed by atoms with Crippen LogP contribution in [-0.2, 0) is 16.2 Å². The summed E-state index contributed by atoms with van der Waals surface area (Å²) >= 11 is 0. The molecule has 0 saturated heterocycles. The van der Waals surface area contributed by atoms with Gasteiger partial charge in [-0.2, -0.15) is 0 Å². The van der Waals surface area contributed by atoms with Gasteiger partial charge in [-0.3, -0.25) is 4.57 Å². The zero-order valence-corrected chi connectivity index (χ0v) is 55.3. The fourth-order valence-electron chi connectivity index (χ4n) is 13.4. The minimum Gasteiger partial charge on any atom is -0.457 e. The molecule has 0 N–H and O–H groups in total. The van der Waals surface area contributed by atoms with Crippen LogP contribution < -0.4 is 19.3 Å². The lowest BCUT2D eigenvalue weighted by atomic mass is 9.77. The molecule has 12 aromatic carbocycles. The van der Waals surface area contributed by atoms with E-state index in [0.717, 1.165) is 66.0 Å². The van der Waals surface area contributed by atoms with Gasteiger partial charge in [0.15, 0.2) is 0 Å². The summed E-state index contributed by atoms with van der Waals surface area (Å²) in [6.45, 7) is 19.3. The molecule has 0 bridgehead atoms. The highest BCUT2D eigenvalue weighted by molar-refractivity contribution is 6.12. The van der Waals surface area contributed by atoms with Gasteiger partial charge in [-0.15, -0.1) is 0 Å². The molecule has 0 spiro atoms. The molecule has 0 atom stereocenters. The van der Waals surface area contributed by atoms with Crippen LogP contribution >= 0.6 is 0 Å². The van der Waals surface area contributed by atoms with Crippen LogP contribution in [0.3, 0.4) is 0 Å². The maximum absolute atomic E-state index is 9.52. The molecule has 0 radical (unpaired) electrons. The minimum atomic E-state index is -0.585. The van der Waals surface area contributed by atoms with Crippen molar-refractivity contribution in [3.8, 4) is 79.0 Å². The average Bonchev–Trinajstić information content (AvgIpc) is 1.71. The third-order valence-corrected chi connectivity index (χ3v) is 18.4. The van der Waals surface area contributed by atoms with Crippen molar-refractivity contribution in [2.24, 2.45) is 0 Å². The van der Waals surface area contributed by atoms with Crippen LogP contribution in [0.5, 0.6) is 23.0 Å². The SMILES string of the molecule is [2H]c1c([2H])c([2H])c(-c2cc(C(C)(C)C)cc(-c3cc(C(C)(C)C)cc(C(C)(C)C)c3)c2Oc2ccnc(-n3c4ccc(-n5c6ccccc6c6ccccc65)cc4c4ccc(Oc5cccc(N6CN(c7c(-c8c([2H])c([2H])c([2H])c([2H])c8[2H])cccc7-c7c([2H])c([2H])c([2H])c([2H])c7[2H])c7ccccc76)c5)cc43)c2)c([2H])c1[2H]. The fourth-order valence-corrected chi connectivity index (χ4v) is 13.4. The van der Waals surface area contributed by atoms with E-state index in [9.17, 15) is 8.22 Å². The van der Waals surface area contributed by atoms with E-state index in [1.807, 2.05) is 101 Å². The molecule has 15 aromatic rings. The summed E-state index contributed by atoms with van der Waals surface area (Å²) in [5, 5.41) is 3.98. The minimum absolute atomic E-state index is 0.00220. The number of rotatable bonds is 12. The van der Waals surface area contributed by atoms with Crippen LogP contribution in [0.4, 0.5) is 22.7 Å². The number of fused-ring (bicyclic) bond motifs is 7. The number of hydrogen-bond acceptors (Lipinski definition) is 5. The first kappa shape index (κ1) is 45.8. The monoisotopic (exact) mass is 1270 g/mol. The predicted molar refractivity (Wildman–Crippen MR) is 406 cm³/mol. The summed E-state index contributed by atoms with van der Waals surface area (Å²) in [4.78, 5) is 9.03. The first-order chi connectivity index (χ1) is 53.2. The molecule has 3 aromatic heterocycles. The molecule has 16 rings (SSSR count). The summed E-state index contributed by atoms with van der Waals surface area (Å²) in [5.41, 5.74) is 10.5. The van der Waals surface area contributed by atoms with E-state index in [1.54, 1.807) is 30.5 Å². The molecule has 0 saturated carbocycles. The second-order valence-corrected chi connectivity index (χ2v) is 27.8. The largest absolute Gasteiger partial charge is 0.457 e. The van der Waals surface area contributed by atoms with E-state index in [0.29, 0.717) is 56.8 Å². The highest BCUT2D eigenvalue weighted by Crippen LogP contribution is 2.52. The maximum atomic E-state index is 9.52. The first-order valence-electron chi connectivity index (χ1n) is 40.0. The van der Waals surface area contributed by atoms with Crippen LogP contribution in [0.2, 0.25) is 0 Å². The lowest BCUT2D eigenvalue weighted by Crippen LogP contribution is -2.24. The third-order valence-electron chi connectivity index (χ3n) is 18.4. The molecule has 1 aliphatic heterocycles. The van der Waals surface area contributed by atoms with Gasteiger partial charge in [0.1, 0.15) is 35.5 Å². The Morgan fingerprint density at radius 2 is 0.856 bits per heavy atom. The van der Waals surface area contributed by atoms with E-state index in [1.165, 1.54) is 0 Å². The Morgan fingerprint density at radius 3 is 1.46 bits per heavy atom. The summed E-state index contributed by atoms with van der Waals surface area (Å²) in [5.74, 6) is 2.00. The molecule has 97 heavy (non-hydrogen) atoms. The van der Waals surface area contributed by atoms with Crippen molar-refractivity contribution in [2.45, 2.75) is 78.6 Å². The third kappa shape index (κ3) is 11.1. The molecule has 4 heterocycles. The molecule has 0 fully saturated rings. The van der Waals surface area contributed by atoms with Gasteiger partial charge in [-0.05, 0) is 140 Å². The number of hydrogen-bond donors (Lipinski definition) is 0. The number of para-hydroxylation sites is 5. The molecule has 7 nitrogen and oxygen atoms in total. The van der Waals surface area contributed by atoms with Crippen molar-refractivity contribution in [1.82, 2.24) is 14.1 Å². The fraction of sp³-hybridized carbons (Fsp3) is 0.144. The second-order valence-electron chi connectivity index (χ2n) is 27.8. The molecule has 0 amide bonds. The first-order valence-corrected chi connectivity index (χ1v) is 32.5. The zero-order valence-electron chi connectivity index (χ0n) is 70.3. The molecular formula is C90H77N5O2. The highest BCUT2D eigenvalue weighted by Gasteiger charge is 2.33. The average molecular weight is 1280 g/mol. The number of pyridine rings is 1. The van der Waals surface area contributed by atoms with Gasteiger partial charge in [0, 0.05) is 79.6 Å². The zero-order chi connectivity index (χ0) is 79.4. The number of aromatic nitrogens is 3. The number of nitrogens with zero attached hydrogens (tertiary/aromatic N) is 5. The van der Waals surface area contributed by atoms with E-state index in [4.69, 9.17) is 26.8 Å². The summed E-state index contributed by atoms with van der Waals surface area (Å²) in [6.07, 6.45) is 1.68. The Balaban J connectivity index is 0.853. The topological polar surface area (TPSA) is 47.7 Å². The predicted octanol–water partition coefficient (Wildman–Crippen LogP) is 24.7. The summed E-state index contributed by atoms with van der Waals surface area (Å²) < 4.78 is 153. The van der Waals surface area contributed by atoms with Crippen molar-refractivity contribution < 1.29 is 30.0 Å². The van der Waals surface area contributed by atoms with E-state index in [-0.39, 0.29) is 68.8 Å². The van der Waals surface area contributed by atoms with Gasteiger partial charge < -0.3 is 23.8 Å². The Morgan fingerprint density at radius 1 is 0.351 bits per heavy atom. The van der Waals surface area contributed by atoms with Gasteiger partial charge in [0.25, 0.3) is 0 Å². The van der Waals surface area contributed by atoms with E-state index >= 15 is 0 Å². The molecule has 0 unspecified atom stereocenters. The van der Waals surface area contributed by atoms with Crippen LogP contribution in [0, 0.1) is 0 Å². The smallest absolute Gasteiger partial charge is 0.143 e. The Kier molecular flexibility index (Phi) is 11.2. The highest BCUT2D eigenvalue weighted by atomic mass is 16.5. The molecular weight excluding hydrogens is 1180 g/mol. The van der Waals surface area contributed by atoms with Crippen LogP contribution in [0.25, 0.3) is 99.6 Å². The lowest BCUT2D eigenvalue weighted by Gasteiger charge is -2.28. The second kappa shape index (κ2) is 23.8. The summed E-state index contributed by atoms with van der Waals surface area (Å²) in [6, 6.07) is 55.5. The molecule has 1 aliphatic rings. The van der Waals surface area contributed by atoms with Gasteiger partial charge in [0.2, 0.25) is 0 Å². The number of anilines is 4. The maximum Gasteiger partial charge on any atom is 0.143 e. The van der Waals surface area contributed by atoms with Crippen molar-refractivity contribution in [3.05, 3.63) is 308 Å². The Labute approximate surface area is 589 Å². The van der Waals surface area contributed by atoms with Crippen LogP contribution in [0.1, 0.15) is 99.6 Å². The van der Waals surface area contributed by atoms with Crippen LogP contribution in [-0.4, -0.2) is 20.8 Å². The molecule has 474 valence electrons. The molecule has 0 aliphatic carbocycles. The Bertz CT molecular complexity index is 6230. The molecule has 7 heteroatoms. The lowest BCUT2D eigenvalue weighted by molar-refractivity contribution is 0.483.